The Balaban J connectivity index is 1.49. The second-order valence-corrected chi connectivity index (χ2v) is 8.58. The minimum absolute atomic E-state index is 0.00159. The molecule has 8 heteroatoms. The summed E-state index contributed by atoms with van der Waals surface area (Å²) in [6, 6.07) is 5.45. The van der Waals surface area contributed by atoms with Crippen LogP contribution in [-0.2, 0) is 29.0 Å². The zero-order chi connectivity index (χ0) is 16.3. The highest BCUT2D eigenvalue weighted by atomic mass is 32.2. The van der Waals surface area contributed by atoms with Crippen molar-refractivity contribution < 1.29 is 27.4 Å². The average Bonchev–Trinajstić information content (AvgIpc) is 3.43. The van der Waals surface area contributed by atoms with E-state index in [2.05, 4.69) is 0 Å². The fraction of sp³-hybridized carbons (Fsp3) is 0.625. The Hall–Kier alpha value is -1.03. The average molecular weight is 353 g/mol. The molecule has 0 amide bonds. The van der Waals surface area contributed by atoms with E-state index in [1.165, 1.54) is 4.31 Å². The maximum absolute atomic E-state index is 13.2. The molecule has 0 aromatic heterocycles. The minimum atomic E-state index is -3.62. The van der Waals surface area contributed by atoms with Gasteiger partial charge in [0.1, 0.15) is 12.2 Å². The molecule has 4 atom stereocenters. The molecule has 7 nitrogen and oxygen atoms in total. The topological polar surface area (TPSA) is 87.5 Å². The number of ether oxygens (including phenoxy) is 4. The monoisotopic (exact) mass is 353 g/mol. The number of epoxide rings is 4. The summed E-state index contributed by atoms with van der Waals surface area (Å²) in [5.41, 5.74) is 1.75. The minimum Gasteiger partial charge on any atom is -0.372 e. The summed E-state index contributed by atoms with van der Waals surface area (Å²) in [5, 5.41) is 0. The number of benzene rings is 1. The predicted octanol–water partition coefficient (Wildman–Crippen LogP) is 0.617. The Kier molecular flexibility index (Phi) is 3.48. The Morgan fingerprint density at radius 3 is 2.00 bits per heavy atom. The van der Waals surface area contributed by atoms with Crippen molar-refractivity contribution in [2.75, 3.05) is 39.5 Å². The van der Waals surface area contributed by atoms with Crippen LogP contribution in [0.15, 0.2) is 23.1 Å². The van der Waals surface area contributed by atoms with Crippen molar-refractivity contribution in [3.05, 3.63) is 29.3 Å². The van der Waals surface area contributed by atoms with Crippen molar-refractivity contribution in [2.24, 2.45) is 0 Å². The number of hydrogen-bond acceptors (Lipinski definition) is 6. The predicted molar refractivity (Wildman–Crippen MR) is 82.1 cm³/mol. The van der Waals surface area contributed by atoms with Gasteiger partial charge in [0.25, 0.3) is 0 Å². The molecular formula is C16H19NO6S. The van der Waals surface area contributed by atoms with Crippen LogP contribution in [0.1, 0.15) is 23.3 Å². The summed E-state index contributed by atoms with van der Waals surface area (Å²) < 4.78 is 49.1. The number of nitrogens with zero attached hydrogens (tertiary/aromatic N) is 1. The molecule has 0 spiro atoms. The van der Waals surface area contributed by atoms with Gasteiger partial charge in [-0.15, -0.1) is 0 Å². The highest BCUT2D eigenvalue weighted by Gasteiger charge is 2.40. The third-order valence-corrected chi connectivity index (χ3v) is 6.56. The molecular weight excluding hydrogens is 334 g/mol. The van der Waals surface area contributed by atoms with E-state index in [9.17, 15) is 8.42 Å². The smallest absolute Gasteiger partial charge is 0.243 e. The van der Waals surface area contributed by atoms with Crippen molar-refractivity contribution in [3.63, 3.8) is 0 Å². The molecule has 1 aromatic carbocycles. The maximum atomic E-state index is 13.2. The molecule has 4 unspecified atom stereocenters. The fourth-order valence-corrected chi connectivity index (χ4v) is 4.66. The summed E-state index contributed by atoms with van der Waals surface area (Å²) in [7, 11) is -3.62. The first-order valence-electron chi connectivity index (χ1n) is 8.21. The van der Waals surface area contributed by atoms with Gasteiger partial charge in [0.15, 0.2) is 0 Å². The van der Waals surface area contributed by atoms with Crippen molar-refractivity contribution in [3.8, 4) is 0 Å². The van der Waals surface area contributed by atoms with Crippen LogP contribution in [0.25, 0.3) is 0 Å². The third-order valence-electron chi connectivity index (χ3n) is 4.66. The Morgan fingerprint density at radius 1 is 0.917 bits per heavy atom. The van der Waals surface area contributed by atoms with Crippen LogP contribution in [0.5, 0.6) is 0 Å². The van der Waals surface area contributed by atoms with Gasteiger partial charge in [0.05, 0.1) is 43.5 Å². The van der Waals surface area contributed by atoms with E-state index >= 15 is 0 Å². The van der Waals surface area contributed by atoms with Gasteiger partial charge in [-0.3, -0.25) is 0 Å². The zero-order valence-corrected chi connectivity index (χ0v) is 13.9. The second-order valence-electron chi connectivity index (χ2n) is 6.67. The Bertz CT molecular complexity index is 736. The summed E-state index contributed by atoms with van der Waals surface area (Å²) in [5.74, 6) is 0. The lowest BCUT2D eigenvalue weighted by atomic mass is 10.1. The van der Waals surface area contributed by atoms with E-state index < -0.39 is 10.0 Å². The number of rotatable bonds is 8. The summed E-state index contributed by atoms with van der Waals surface area (Å²) in [6.07, 6.45) is -0.0451. The number of sulfonamides is 1. The second kappa shape index (κ2) is 5.48. The molecule has 4 aliphatic rings. The first-order valence-corrected chi connectivity index (χ1v) is 9.65. The van der Waals surface area contributed by atoms with Gasteiger partial charge in [-0.2, -0.15) is 4.31 Å². The van der Waals surface area contributed by atoms with E-state index in [0.717, 1.165) is 11.1 Å². The normalized spacial score (nSPS) is 33.5. The first-order chi connectivity index (χ1) is 11.6. The Labute approximate surface area is 140 Å². The van der Waals surface area contributed by atoms with Gasteiger partial charge < -0.3 is 18.9 Å². The van der Waals surface area contributed by atoms with Crippen LogP contribution in [0, 0.1) is 0 Å². The lowest BCUT2D eigenvalue weighted by molar-refractivity contribution is 0.303. The highest BCUT2D eigenvalue weighted by molar-refractivity contribution is 7.89. The van der Waals surface area contributed by atoms with Crippen LogP contribution in [0.3, 0.4) is 0 Å². The van der Waals surface area contributed by atoms with E-state index in [1.807, 2.05) is 12.1 Å². The molecule has 0 bridgehead atoms. The molecule has 0 radical (unpaired) electrons. The largest absolute Gasteiger partial charge is 0.372 e. The van der Waals surface area contributed by atoms with E-state index in [-0.39, 0.29) is 24.4 Å². The molecule has 0 aliphatic carbocycles. The van der Waals surface area contributed by atoms with Crippen LogP contribution in [0.4, 0.5) is 0 Å². The van der Waals surface area contributed by atoms with E-state index in [1.54, 1.807) is 6.07 Å². The molecule has 4 heterocycles. The van der Waals surface area contributed by atoms with Crippen molar-refractivity contribution >= 4 is 10.0 Å². The van der Waals surface area contributed by atoms with Gasteiger partial charge in [-0.1, -0.05) is 6.07 Å². The highest BCUT2D eigenvalue weighted by Crippen LogP contribution is 2.40. The van der Waals surface area contributed by atoms with Crippen molar-refractivity contribution in [1.82, 2.24) is 4.31 Å². The van der Waals surface area contributed by atoms with Gasteiger partial charge in [0.2, 0.25) is 10.0 Å². The molecule has 4 aliphatic heterocycles. The lowest BCUT2D eigenvalue weighted by Crippen LogP contribution is -2.37. The van der Waals surface area contributed by atoms with Crippen LogP contribution >= 0.6 is 0 Å². The van der Waals surface area contributed by atoms with E-state index in [4.69, 9.17) is 18.9 Å². The number of hydrogen-bond donors (Lipinski definition) is 0. The molecule has 1 aromatic rings. The van der Waals surface area contributed by atoms with Crippen LogP contribution < -0.4 is 0 Å². The van der Waals surface area contributed by atoms with Crippen molar-refractivity contribution in [1.29, 1.82) is 0 Å². The summed E-state index contributed by atoms with van der Waals surface area (Å²) in [6.45, 7) is 3.25. The molecule has 4 fully saturated rings. The van der Waals surface area contributed by atoms with E-state index in [0.29, 0.717) is 44.4 Å². The third kappa shape index (κ3) is 3.10. The molecule has 24 heavy (non-hydrogen) atoms. The van der Waals surface area contributed by atoms with Gasteiger partial charge in [-0.25, -0.2) is 8.42 Å². The first kappa shape index (κ1) is 15.2. The summed E-state index contributed by atoms with van der Waals surface area (Å²) >= 11 is 0. The standard InChI is InChI=1S/C16H19NO6S/c18-24(19,17(4-11-6-20-11)5-12-7-21-12)16-2-1-10(14-8-22-14)3-13(16)15-9-23-15/h1-3,11-12,14-15H,4-9H2. The maximum Gasteiger partial charge on any atom is 0.243 e. The van der Waals surface area contributed by atoms with Gasteiger partial charge in [-0.05, 0) is 17.7 Å². The van der Waals surface area contributed by atoms with Gasteiger partial charge in [0, 0.05) is 18.7 Å². The quantitative estimate of drug-likeness (QED) is 0.637. The molecule has 130 valence electrons. The molecule has 0 saturated carbocycles. The molecule has 4 saturated heterocycles. The SMILES string of the molecule is O=S(=O)(c1ccc(C2CO2)cc1C1CO1)N(CC1CO1)CC1CO1. The zero-order valence-electron chi connectivity index (χ0n) is 13.1. The Morgan fingerprint density at radius 2 is 1.50 bits per heavy atom. The van der Waals surface area contributed by atoms with Crippen molar-refractivity contribution in [2.45, 2.75) is 29.3 Å². The summed E-state index contributed by atoms with van der Waals surface area (Å²) in [4.78, 5) is 0.329. The van der Waals surface area contributed by atoms with Gasteiger partial charge >= 0.3 is 0 Å². The lowest BCUT2D eigenvalue weighted by Gasteiger charge is -2.22. The van der Waals surface area contributed by atoms with Crippen LogP contribution in [-0.4, -0.2) is 64.4 Å². The molecule has 5 rings (SSSR count). The van der Waals surface area contributed by atoms with Crippen LogP contribution in [0.2, 0.25) is 0 Å². The fourth-order valence-electron chi connectivity index (χ4n) is 2.93. The molecule has 0 N–H and O–H groups in total.